The molecule has 0 spiro atoms. The third kappa shape index (κ3) is 4.78. The van der Waals surface area contributed by atoms with E-state index in [9.17, 15) is 4.79 Å². The average molecular weight is 479 g/mol. The molecule has 3 aliphatic heterocycles. The van der Waals surface area contributed by atoms with E-state index >= 15 is 0 Å². The molecule has 0 aromatic carbocycles. The van der Waals surface area contributed by atoms with Crippen molar-refractivity contribution in [2.45, 2.75) is 71.1 Å². The molecule has 188 valence electrons. The van der Waals surface area contributed by atoms with E-state index in [2.05, 4.69) is 49.5 Å². The summed E-state index contributed by atoms with van der Waals surface area (Å²) in [5.74, 6) is 2.52. The van der Waals surface area contributed by atoms with E-state index in [1.807, 2.05) is 13.0 Å². The van der Waals surface area contributed by atoms with Crippen molar-refractivity contribution in [1.29, 1.82) is 0 Å². The van der Waals surface area contributed by atoms with E-state index < -0.39 is 5.91 Å². The molecule has 2 N–H and O–H groups in total. The van der Waals surface area contributed by atoms with Gasteiger partial charge in [0.25, 0.3) is 0 Å². The van der Waals surface area contributed by atoms with Crippen molar-refractivity contribution in [3.05, 3.63) is 35.8 Å². The standard InChI is InChI=1S/C26H38N8O/c1-18-13-21(25(27)35)15-28-26(18)31-11-12-32(20(3)16-31)22-14-23(30-17-29-22)34-9-5-4-8-24(34)33-10-6-7-19(33)2/h13-15,17,19-20,24H,4-12,16H2,1-3H3,(H2,27,35). The monoisotopic (exact) mass is 478 g/mol. The van der Waals surface area contributed by atoms with E-state index in [-0.39, 0.29) is 6.04 Å². The minimum absolute atomic E-state index is 0.263. The van der Waals surface area contributed by atoms with Crippen LogP contribution in [0.5, 0.6) is 0 Å². The van der Waals surface area contributed by atoms with Crippen LogP contribution in [0, 0.1) is 6.92 Å². The van der Waals surface area contributed by atoms with Crippen LogP contribution in [0.15, 0.2) is 24.7 Å². The summed E-state index contributed by atoms with van der Waals surface area (Å²) in [5, 5.41) is 0. The molecule has 9 heteroatoms. The lowest BCUT2D eigenvalue weighted by Gasteiger charge is -2.44. The Morgan fingerprint density at radius 3 is 2.40 bits per heavy atom. The van der Waals surface area contributed by atoms with Crippen LogP contribution in [-0.2, 0) is 0 Å². The number of aromatic nitrogens is 3. The first-order valence-electron chi connectivity index (χ1n) is 13.0. The zero-order valence-electron chi connectivity index (χ0n) is 21.2. The van der Waals surface area contributed by atoms with Gasteiger partial charge in [-0.1, -0.05) is 0 Å². The van der Waals surface area contributed by atoms with Gasteiger partial charge >= 0.3 is 0 Å². The highest BCUT2D eigenvalue weighted by molar-refractivity contribution is 5.92. The van der Waals surface area contributed by atoms with Gasteiger partial charge in [0.2, 0.25) is 5.91 Å². The first-order valence-corrected chi connectivity index (χ1v) is 13.0. The van der Waals surface area contributed by atoms with E-state index in [4.69, 9.17) is 10.7 Å². The Labute approximate surface area is 208 Å². The van der Waals surface area contributed by atoms with Crippen LogP contribution in [0.3, 0.4) is 0 Å². The number of nitrogens with two attached hydrogens (primary N) is 1. The van der Waals surface area contributed by atoms with E-state index in [0.717, 1.165) is 49.2 Å². The fourth-order valence-corrected chi connectivity index (χ4v) is 6.10. The van der Waals surface area contributed by atoms with Gasteiger partial charge in [0.05, 0.1) is 11.7 Å². The highest BCUT2D eigenvalue weighted by atomic mass is 16.1. The number of primary amides is 1. The zero-order valence-corrected chi connectivity index (χ0v) is 21.2. The van der Waals surface area contributed by atoms with Crippen LogP contribution in [0.4, 0.5) is 17.5 Å². The van der Waals surface area contributed by atoms with Crippen LogP contribution in [0.1, 0.15) is 61.9 Å². The van der Waals surface area contributed by atoms with Gasteiger partial charge in [0, 0.05) is 57.1 Å². The highest BCUT2D eigenvalue weighted by Gasteiger charge is 2.34. The number of anilines is 3. The molecule has 2 aromatic heterocycles. The van der Waals surface area contributed by atoms with Crippen molar-refractivity contribution in [2.75, 3.05) is 47.4 Å². The number of piperidine rings is 1. The number of piperazine rings is 1. The number of pyridine rings is 1. The predicted molar refractivity (Wildman–Crippen MR) is 139 cm³/mol. The minimum atomic E-state index is -0.444. The Morgan fingerprint density at radius 2 is 1.71 bits per heavy atom. The maximum Gasteiger partial charge on any atom is 0.250 e. The molecule has 5 rings (SSSR count). The first kappa shape index (κ1) is 23.8. The summed E-state index contributed by atoms with van der Waals surface area (Å²) in [5.41, 5.74) is 6.84. The van der Waals surface area contributed by atoms with Gasteiger partial charge in [0.15, 0.2) is 0 Å². The molecular weight excluding hydrogens is 440 g/mol. The third-order valence-corrected chi connectivity index (χ3v) is 7.95. The van der Waals surface area contributed by atoms with Crippen LogP contribution < -0.4 is 20.4 Å². The van der Waals surface area contributed by atoms with E-state index in [1.165, 1.54) is 38.6 Å². The summed E-state index contributed by atoms with van der Waals surface area (Å²) in [6.07, 6.45) is 10.0. The molecule has 3 atom stereocenters. The topological polar surface area (TPSA) is 94.7 Å². The molecule has 3 fully saturated rings. The Morgan fingerprint density at radius 1 is 0.914 bits per heavy atom. The summed E-state index contributed by atoms with van der Waals surface area (Å²) in [6, 6.07) is 4.92. The number of hydrogen-bond donors (Lipinski definition) is 1. The predicted octanol–water partition coefficient (Wildman–Crippen LogP) is 2.79. The van der Waals surface area contributed by atoms with Gasteiger partial charge in [-0.15, -0.1) is 0 Å². The van der Waals surface area contributed by atoms with Crippen molar-refractivity contribution in [3.63, 3.8) is 0 Å². The molecule has 0 saturated carbocycles. The van der Waals surface area contributed by atoms with E-state index in [1.54, 1.807) is 12.5 Å². The lowest BCUT2D eigenvalue weighted by atomic mass is 10.1. The molecule has 5 heterocycles. The lowest BCUT2D eigenvalue weighted by molar-refractivity contribution is 0.1000. The molecule has 35 heavy (non-hydrogen) atoms. The molecule has 3 aliphatic rings. The fraction of sp³-hybridized carbons (Fsp3) is 0.615. The van der Waals surface area contributed by atoms with Crippen molar-refractivity contribution < 1.29 is 4.79 Å². The van der Waals surface area contributed by atoms with Crippen LogP contribution >= 0.6 is 0 Å². The molecule has 3 unspecified atom stereocenters. The first-order chi connectivity index (χ1) is 16.9. The molecule has 1 amide bonds. The van der Waals surface area contributed by atoms with Crippen LogP contribution in [0.25, 0.3) is 0 Å². The van der Waals surface area contributed by atoms with Crippen LogP contribution in [-0.4, -0.2) is 76.7 Å². The second-order valence-corrected chi connectivity index (χ2v) is 10.4. The highest BCUT2D eigenvalue weighted by Crippen LogP contribution is 2.32. The Hall–Kier alpha value is -2.94. The van der Waals surface area contributed by atoms with Crippen LogP contribution in [0.2, 0.25) is 0 Å². The molecule has 2 aromatic rings. The molecule has 0 bridgehead atoms. The molecule has 0 radical (unpaired) electrons. The summed E-state index contributed by atoms with van der Waals surface area (Å²) in [6.45, 7) is 11.3. The second kappa shape index (κ2) is 9.97. The Bertz CT molecular complexity index is 1060. The van der Waals surface area contributed by atoms with Gasteiger partial charge in [0.1, 0.15) is 23.8 Å². The maximum absolute atomic E-state index is 11.5. The lowest BCUT2D eigenvalue weighted by Crippen LogP contribution is -2.53. The SMILES string of the molecule is Cc1cc(C(N)=O)cnc1N1CCN(c2cc(N3CCCCC3N3CCCC3C)ncn2)C(C)C1. The summed E-state index contributed by atoms with van der Waals surface area (Å²) >= 11 is 0. The number of carbonyl (C=O) groups is 1. The van der Waals surface area contributed by atoms with Gasteiger partial charge in [-0.2, -0.15) is 0 Å². The normalized spacial score (nSPS) is 25.8. The van der Waals surface area contributed by atoms with Crippen molar-refractivity contribution in [1.82, 2.24) is 19.9 Å². The number of amides is 1. The maximum atomic E-state index is 11.5. The number of rotatable bonds is 5. The van der Waals surface area contributed by atoms with Crippen molar-refractivity contribution >= 4 is 23.4 Å². The largest absolute Gasteiger partial charge is 0.366 e. The Kier molecular flexibility index (Phi) is 6.77. The zero-order chi connectivity index (χ0) is 24.5. The summed E-state index contributed by atoms with van der Waals surface area (Å²) in [7, 11) is 0. The van der Waals surface area contributed by atoms with Crippen molar-refractivity contribution in [2.24, 2.45) is 5.73 Å². The minimum Gasteiger partial charge on any atom is -0.366 e. The average Bonchev–Trinajstić information content (AvgIpc) is 3.29. The summed E-state index contributed by atoms with van der Waals surface area (Å²) in [4.78, 5) is 35.3. The van der Waals surface area contributed by atoms with Gasteiger partial charge in [-0.05, 0) is 64.5 Å². The molecule has 0 aliphatic carbocycles. The Balaban J connectivity index is 1.31. The smallest absolute Gasteiger partial charge is 0.250 e. The molecule has 3 saturated heterocycles. The number of hydrogen-bond acceptors (Lipinski definition) is 8. The number of likely N-dealkylation sites (tertiary alicyclic amines) is 1. The summed E-state index contributed by atoms with van der Waals surface area (Å²) < 4.78 is 0. The fourth-order valence-electron chi connectivity index (χ4n) is 6.10. The van der Waals surface area contributed by atoms with E-state index in [0.29, 0.717) is 17.8 Å². The second-order valence-electron chi connectivity index (χ2n) is 10.4. The molecule has 9 nitrogen and oxygen atoms in total. The quantitative estimate of drug-likeness (QED) is 0.701. The molecular formula is C26H38N8O. The number of nitrogens with zero attached hydrogens (tertiary/aromatic N) is 7. The third-order valence-electron chi connectivity index (χ3n) is 7.95. The number of aryl methyl sites for hydroxylation is 1. The van der Waals surface area contributed by atoms with Gasteiger partial charge < -0.3 is 20.4 Å². The van der Waals surface area contributed by atoms with Gasteiger partial charge in [-0.25, -0.2) is 15.0 Å². The van der Waals surface area contributed by atoms with Gasteiger partial charge in [-0.3, -0.25) is 9.69 Å². The van der Waals surface area contributed by atoms with Crippen molar-refractivity contribution in [3.8, 4) is 0 Å². The number of carbonyl (C=O) groups excluding carboxylic acids is 1.